The van der Waals surface area contributed by atoms with Crippen molar-refractivity contribution in [3.05, 3.63) is 0 Å². The maximum absolute atomic E-state index is 2.62. The van der Waals surface area contributed by atoms with Crippen LogP contribution in [0.1, 0.15) is 34.6 Å². The lowest BCUT2D eigenvalue weighted by molar-refractivity contribution is 0.162. The molecule has 128 valence electrons. The van der Waals surface area contributed by atoms with Crippen molar-refractivity contribution in [2.45, 2.75) is 46.7 Å². The van der Waals surface area contributed by atoms with Crippen LogP contribution in [0.4, 0.5) is 0 Å². The Labute approximate surface area is 134 Å². The molecule has 0 aromatic carbocycles. The van der Waals surface area contributed by atoms with Crippen LogP contribution in [0.15, 0.2) is 0 Å². The maximum Gasteiger partial charge on any atom is 0.0110 e. The van der Waals surface area contributed by atoms with Gasteiger partial charge in [-0.05, 0) is 55.4 Å². The van der Waals surface area contributed by atoms with Gasteiger partial charge in [-0.2, -0.15) is 0 Å². The minimum absolute atomic E-state index is 0.628. The third-order valence-electron chi connectivity index (χ3n) is 4.64. The SMILES string of the molecule is CCN(C)CCN(CCN(C)C(C)C)CCN(C)C(C)C. The van der Waals surface area contributed by atoms with Crippen molar-refractivity contribution in [3.8, 4) is 0 Å². The molecule has 21 heavy (non-hydrogen) atoms. The lowest BCUT2D eigenvalue weighted by Crippen LogP contribution is -2.43. The summed E-state index contributed by atoms with van der Waals surface area (Å²) in [6, 6.07) is 1.26. The van der Waals surface area contributed by atoms with Gasteiger partial charge in [0, 0.05) is 51.4 Å². The van der Waals surface area contributed by atoms with Gasteiger partial charge >= 0.3 is 0 Å². The highest BCUT2D eigenvalue weighted by Gasteiger charge is 2.11. The van der Waals surface area contributed by atoms with Crippen LogP contribution < -0.4 is 0 Å². The quantitative estimate of drug-likeness (QED) is 0.546. The summed E-state index contributed by atoms with van der Waals surface area (Å²) in [5.41, 5.74) is 0. The van der Waals surface area contributed by atoms with Gasteiger partial charge in [-0.3, -0.25) is 4.90 Å². The molecule has 0 aliphatic rings. The molecule has 0 aromatic heterocycles. The summed E-state index contributed by atoms with van der Waals surface area (Å²) >= 11 is 0. The summed E-state index contributed by atoms with van der Waals surface area (Å²) in [6.07, 6.45) is 0. The van der Waals surface area contributed by atoms with E-state index in [9.17, 15) is 0 Å². The van der Waals surface area contributed by atoms with Gasteiger partial charge in [-0.15, -0.1) is 0 Å². The summed E-state index contributed by atoms with van der Waals surface area (Å²) in [5.74, 6) is 0. The van der Waals surface area contributed by atoms with E-state index in [0.29, 0.717) is 12.1 Å². The second-order valence-electron chi connectivity index (χ2n) is 6.89. The highest BCUT2D eigenvalue weighted by molar-refractivity contribution is 4.68. The first-order chi connectivity index (χ1) is 9.77. The molecular formula is C17H40N4. The monoisotopic (exact) mass is 300 g/mol. The summed E-state index contributed by atoms with van der Waals surface area (Å²) in [6.45, 7) is 19.4. The molecule has 0 saturated heterocycles. The summed E-state index contributed by atoms with van der Waals surface area (Å²) in [7, 11) is 6.65. The number of likely N-dealkylation sites (N-methyl/N-ethyl adjacent to an activating group) is 3. The standard InChI is InChI=1S/C17H40N4/c1-9-18(6)10-13-21(14-11-19(7)16(2)3)15-12-20(8)17(4)5/h16-17H,9-15H2,1-8H3. The number of hydrogen-bond acceptors (Lipinski definition) is 4. The van der Waals surface area contributed by atoms with Crippen molar-refractivity contribution in [3.63, 3.8) is 0 Å². The van der Waals surface area contributed by atoms with Crippen LogP contribution in [0, 0.1) is 0 Å². The first-order valence-corrected chi connectivity index (χ1v) is 8.59. The average Bonchev–Trinajstić information content (AvgIpc) is 2.44. The number of nitrogens with zero attached hydrogens (tertiary/aromatic N) is 4. The Kier molecular flexibility index (Phi) is 11.3. The van der Waals surface area contributed by atoms with Gasteiger partial charge < -0.3 is 14.7 Å². The van der Waals surface area contributed by atoms with Crippen LogP contribution in [0.5, 0.6) is 0 Å². The first-order valence-electron chi connectivity index (χ1n) is 8.59. The molecule has 0 bridgehead atoms. The topological polar surface area (TPSA) is 13.0 Å². The molecule has 0 amide bonds. The fourth-order valence-electron chi connectivity index (χ4n) is 1.92. The van der Waals surface area contributed by atoms with E-state index < -0.39 is 0 Å². The first kappa shape index (κ1) is 20.8. The number of hydrogen-bond donors (Lipinski definition) is 0. The predicted molar refractivity (Wildman–Crippen MR) is 95.1 cm³/mol. The molecule has 4 heteroatoms. The minimum Gasteiger partial charge on any atom is -0.305 e. The van der Waals surface area contributed by atoms with E-state index in [2.05, 4.69) is 75.4 Å². The minimum atomic E-state index is 0.628. The molecule has 0 unspecified atom stereocenters. The Morgan fingerprint density at radius 3 is 1.33 bits per heavy atom. The Morgan fingerprint density at radius 2 is 1.00 bits per heavy atom. The third-order valence-corrected chi connectivity index (χ3v) is 4.64. The zero-order valence-electron chi connectivity index (χ0n) is 15.9. The van der Waals surface area contributed by atoms with Crippen molar-refractivity contribution in [2.24, 2.45) is 0 Å². The third kappa shape index (κ3) is 10.2. The normalized spacial score (nSPS) is 12.9. The van der Waals surface area contributed by atoms with Crippen LogP contribution in [0.25, 0.3) is 0 Å². The van der Waals surface area contributed by atoms with E-state index in [-0.39, 0.29) is 0 Å². The van der Waals surface area contributed by atoms with E-state index >= 15 is 0 Å². The van der Waals surface area contributed by atoms with E-state index in [1.165, 1.54) is 6.54 Å². The molecule has 4 nitrogen and oxygen atoms in total. The molecule has 0 N–H and O–H groups in total. The van der Waals surface area contributed by atoms with Crippen LogP contribution in [0.3, 0.4) is 0 Å². The zero-order chi connectivity index (χ0) is 16.4. The Balaban J connectivity index is 4.26. The largest absolute Gasteiger partial charge is 0.305 e. The maximum atomic E-state index is 2.62. The molecule has 0 rings (SSSR count). The smallest absolute Gasteiger partial charge is 0.0110 e. The lowest BCUT2D eigenvalue weighted by atomic mass is 10.3. The highest BCUT2D eigenvalue weighted by Crippen LogP contribution is 1.99. The molecule has 0 aromatic rings. The second kappa shape index (κ2) is 11.4. The Morgan fingerprint density at radius 1 is 0.619 bits per heavy atom. The highest BCUT2D eigenvalue weighted by atomic mass is 15.2. The molecular weight excluding hydrogens is 260 g/mol. The van der Waals surface area contributed by atoms with Crippen LogP contribution in [-0.2, 0) is 0 Å². The molecule has 0 atom stereocenters. The molecule has 0 radical (unpaired) electrons. The van der Waals surface area contributed by atoms with Gasteiger partial charge in [0.25, 0.3) is 0 Å². The molecule has 0 fully saturated rings. The molecule has 0 aliphatic carbocycles. The van der Waals surface area contributed by atoms with E-state index in [4.69, 9.17) is 0 Å². The van der Waals surface area contributed by atoms with Gasteiger partial charge in [-0.1, -0.05) is 6.92 Å². The Hall–Kier alpha value is -0.160. The van der Waals surface area contributed by atoms with Gasteiger partial charge in [0.05, 0.1) is 0 Å². The fourth-order valence-corrected chi connectivity index (χ4v) is 1.92. The van der Waals surface area contributed by atoms with Gasteiger partial charge in [-0.25, -0.2) is 0 Å². The van der Waals surface area contributed by atoms with Crippen LogP contribution >= 0.6 is 0 Å². The lowest BCUT2D eigenvalue weighted by Gasteiger charge is -2.31. The van der Waals surface area contributed by atoms with Crippen molar-refractivity contribution >= 4 is 0 Å². The van der Waals surface area contributed by atoms with Gasteiger partial charge in [0.1, 0.15) is 0 Å². The van der Waals surface area contributed by atoms with Crippen molar-refractivity contribution < 1.29 is 0 Å². The molecule has 0 aliphatic heterocycles. The van der Waals surface area contributed by atoms with Crippen LogP contribution in [-0.4, -0.2) is 98.6 Å². The molecule has 0 heterocycles. The van der Waals surface area contributed by atoms with Gasteiger partial charge in [0.15, 0.2) is 0 Å². The molecule has 0 saturated carbocycles. The van der Waals surface area contributed by atoms with Crippen LogP contribution in [0.2, 0.25) is 0 Å². The summed E-state index contributed by atoms with van der Waals surface area (Å²) < 4.78 is 0. The van der Waals surface area contributed by atoms with E-state index in [0.717, 1.165) is 39.3 Å². The van der Waals surface area contributed by atoms with Crippen molar-refractivity contribution in [1.82, 2.24) is 19.6 Å². The van der Waals surface area contributed by atoms with E-state index in [1.807, 2.05) is 0 Å². The van der Waals surface area contributed by atoms with Crippen molar-refractivity contribution in [1.29, 1.82) is 0 Å². The second-order valence-corrected chi connectivity index (χ2v) is 6.89. The van der Waals surface area contributed by atoms with Gasteiger partial charge in [0.2, 0.25) is 0 Å². The zero-order valence-corrected chi connectivity index (χ0v) is 15.9. The average molecular weight is 301 g/mol. The fraction of sp³-hybridized carbons (Fsp3) is 1.00. The number of rotatable bonds is 12. The predicted octanol–water partition coefficient (Wildman–Crippen LogP) is 1.92. The van der Waals surface area contributed by atoms with E-state index in [1.54, 1.807) is 0 Å². The Bertz CT molecular complexity index is 225. The summed E-state index contributed by atoms with van der Waals surface area (Å²) in [4.78, 5) is 9.88. The molecule has 0 spiro atoms. The summed E-state index contributed by atoms with van der Waals surface area (Å²) in [5, 5.41) is 0. The van der Waals surface area contributed by atoms with Crippen molar-refractivity contribution in [2.75, 3.05) is 67.0 Å².